The number of non-ortho nitro benzene ring substituents is 1. The number of nitro groups is 1. The van der Waals surface area contributed by atoms with E-state index in [0.29, 0.717) is 44.4 Å². The molecule has 0 aliphatic rings. The number of nitro benzene ring substituents is 1. The summed E-state index contributed by atoms with van der Waals surface area (Å²) in [6.07, 6.45) is 2.22. The molecular weight excluding hydrogens is 286 g/mol. The van der Waals surface area contributed by atoms with E-state index in [-0.39, 0.29) is 11.7 Å². The van der Waals surface area contributed by atoms with E-state index in [2.05, 4.69) is 10.1 Å². The molecule has 0 radical (unpaired) electrons. The summed E-state index contributed by atoms with van der Waals surface area (Å²) in [5, 5.41) is 13.0. The van der Waals surface area contributed by atoms with E-state index in [1.165, 1.54) is 7.11 Å². The van der Waals surface area contributed by atoms with E-state index in [0.717, 1.165) is 0 Å². The standard InChI is InChI=1S/C13H16F2N2O4/c1-21-12(18)5-3-2-4-6-16-13-10(14)7-9(17(19)20)8-11(13)15/h7-8,16H,2-6H2,1H3. The Labute approximate surface area is 120 Å². The second kappa shape index (κ2) is 8.13. The first kappa shape index (κ1) is 16.8. The number of methoxy groups -OCH3 is 1. The summed E-state index contributed by atoms with van der Waals surface area (Å²) in [6, 6.07) is 1.34. The Morgan fingerprint density at radius 3 is 2.43 bits per heavy atom. The van der Waals surface area contributed by atoms with Gasteiger partial charge in [0.05, 0.1) is 24.2 Å². The van der Waals surface area contributed by atoms with Gasteiger partial charge >= 0.3 is 5.97 Å². The maximum atomic E-state index is 13.5. The zero-order valence-corrected chi connectivity index (χ0v) is 11.5. The van der Waals surface area contributed by atoms with Gasteiger partial charge in [0.2, 0.25) is 0 Å². The first-order chi connectivity index (χ1) is 9.95. The van der Waals surface area contributed by atoms with Crippen molar-refractivity contribution in [1.82, 2.24) is 0 Å². The maximum absolute atomic E-state index is 13.5. The number of carbonyl (C=O) groups is 1. The van der Waals surface area contributed by atoms with E-state index in [9.17, 15) is 23.7 Å². The van der Waals surface area contributed by atoms with E-state index in [1.54, 1.807) is 0 Å². The highest BCUT2D eigenvalue weighted by atomic mass is 19.1. The Bertz CT molecular complexity index is 500. The quantitative estimate of drug-likeness (QED) is 0.345. The average molecular weight is 302 g/mol. The summed E-state index contributed by atoms with van der Waals surface area (Å²) >= 11 is 0. The molecule has 0 aliphatic heterocycles. The van der Waals surface area contributed by atoms with Crippen molar-refractivity contribution in [3.05, 3.63) is 33.9 Å². The highest BCUT2D eigenvalue weighted by Crippen LogP contribution is 2.24. The van der Waals surface area contributed by atoms with Gasteiger partial charge in [0.15, 0.2) is 11.6 Å². The lowest BCUT2D eigenvalue weighted by Gasteiger charge is -2.08. The highest BCUT2D eigenvalue weighted by molar-refractivity contribution is 5.68. The number of nitrogens with zero attached hydrogens (tertiary/aromatic N) is 1. The van der Waals surface area contributed by atoms with Crippen molar-refractivity contribution in [3.8, 4) is 0 Å². The smallest absolute Gasteiger partial charge is 0.305 e. The minimum Gasteiger partial charge on any atom is -0.469 e. The fourth-order valence-electron chi connectivity index (χ4n) is 1.72. The third-order valence-electron chi connectivity index (χ3n) is 2.82. The second-order valence-electron chi connectivity index (χ2n) is 4.36. The molecule has 0 saturated heterocycles. The van der Waals surface area contributed by atoms with Crippen LogP contribution in [-0.4, -0.2) is 24.5 Å². The molecule has 21 heavy (non-hydrogen) atoms. The number of hydrogen-bond donors (Lipinski definition) is 1. The summed E-state index contributed by atoms with van der Waals surface area (Å²) in [4.78, 5) is 20.4. The SMILES string of the molecule is COC(=O)CCCCCNc1c(F)cc([N+](=O)[O-])cc1F. The fraction of sp³-hybridized carbons (Fsp3) is 0.462. The zero-order valence-electron chi connectivity index (χ0n) is 11.5. The summed E-state index contributed by atoms with van der Waals surface area (Å²) in [5.41, 5.74) is -1.01. The van der Waals surface area contributed by atoms with Crippen LogP contribution in [0.1, 0.15) is 25.7 Å². The van der Waals surface area contributed by atoms with Gasteiger partial charge in [0, 0.05) is 13.0 Å². The molecular formula is C13H16F2N2O4. The van der Waals surface area contributed by atoms with E-state index in [4.69, 9.17) is 0 Å². The van der Waals surface area contributed by atoms with Crippen LogP contribution < -0.4 is 5.32 Å². The van der Waals surface area contributed by atoms with Crippen LogP contribution in [0.25, 0.3) is 0 Å². The summed E-state index contributed by atoms with van der Waals surface area (Å²) in [5.74, 6) is -2.30. The number of nitrogens with one attached hydrogen (secondary N) is 1. The van der Waals surface area contributed by atoms with Gasteiger partial charge in [0.25, 0.3) is 5.69 Å². The number of hydrogen-bond acceptors (Lipinski definition) is 5. The number of anilines is 1. The molecule has 0 bridgehead atoms. The maximum Gasteiger partial charge on any atom is 0.305 e. The molecule has 8 heteroatoms. The van der Waals surface area contributed by atoms with E-state index < -0.39 is 22.2 Å². The third-order valence-corrected chi connectivity index (χ3v) is 2.82. The Morgan fingerprint density at radius 1 is 1.29 bits per heavy atom. The molecule has 116 valence electrons. The molecule has 1 rings (SSSR count). The van der Waals surface area contributed by atoms with Crippen molar-refractivity contribution in [2.45, 2.75) is 25.7 Å². The summed E-state index contributed by atoms with van der Waals surface area (Å²) in [7, 11) is 1.31. The predicted octanol–water partition coefficient (Wildman–Crippen LogP) is 3.02. The minimum atomic E-state index is -1.00. The van der Waals surface area contributed by atoms with E-state index in [1.807, 2.05) is 0 Å². The topological polar surface area (TPSA) is 81.5 Å². The van der Waals surface area contributed by atoms with Crippen molar-refractivity contribution in [2.75, 3.05) is 19.0 Å². The van der Waals surface area contributed by atoms with Crippen molar-refractivity contribution < 1.29 is 23.2 Å². The van der Waals surface area contributed by atoms with Gasteiger partial charge in [-0.25, -0.2) is 8.78 Å². The molecule has 1 N–H and O–H groups in total. The molecule has 0 unspecified atom stereocenters. The molecule has 0 aromatic heterocycles. The second-order valence-corrected chi connectivity index (χ2v) is 4.36. The van der Waals surface area contributed by atoms with E-state index >= 15 is 0 Å². The van der Waals surface area contributed by atoms with Crippen molar-refractivity contribution in [2.24, 2.45) is 0 Å². The molecule has 1 aromatic carbocycles. The van der Waals surface area contributed by atoms with Crippen LogP contribution in [0.4, 0.5) is 20.2 Å². The molecule has 0 saturated carbocycles. The Morgan fingerprint density at radius 2 is 1.90 bits per heavy atom. The Kier molecular flexibility index (Phi) is 6.51. The lowest BCUT2D eigenvalue weighted by Crippen LogP contribution is -2.07. The van der Waals surface area contributed by atoms with Crippen LogP contribution in [0.3, 0.4) is 0 Å². The Balaban J connectivity index is 2.42. The number of ether oxygens (including phenoxy) is 1. The molecule has 0 spiro atoms. The summed E-state index contributed by atoms with van der Waals surface area (Å²) < 4.78 is 31.5. The van der Waals surface area contributed by atoms with Crippen LogP contribution in [0.15, 0.2) is 12.1 Å². The van der Waals surface area contributed by atoms with Crippen LogP contribution in [0.5, 0.6) is 0 Å². The first-order valence-corrected chi connectivity index (χ1v) is 6.40. The molecule has 0 amide bonds. The highest BCUT2D eigenvalue weighted by Gasteiger charge is 2.16. The molecule has 0 aliphatic carbocycles. The summed E-state index contributed by atoms with van der Waals surface area (Å²) in [6.45, 7) is 0.298. The normalized spacial score (nSPS) is 10.2. The van der Waals surface area contributed by atoms with Crippen LogP contribution in [0, 0.1) is 21.7 Å². The van der Waals surface area contributed by atoms with Crippen LogP contribution in [0.2, 0.25) is 0 Å². The minimum absolute atomic E-state index is 0.296. The Hall–Kier alpha value is -2.25. The van der Waals surface area contributed by atoms with Gasteiger partial charge in [-0.2, -0.15) is 0 Å². The fourth-order valence-corrected chi connectivity index (χ4v) is 1.72. The number of esters is 1. The van der Waals surface area contributed by atoms with Gasteiger partial charge in [0.1, 0.15) is 5.69 Å². The number of benzene rings is 1. The molecule has 6 nitrogen and oxygen atoms in total. The lowest BCUT2D eigenvalue weighted by atomic mass is 10.2. The van der Waals surface area contributed by atoms with Gasteiger partial charge in [-0.3, -0.25) is 14.9 Å². The molecule has 0 atom stereocenters. The predicted molar refractivity (Wildman–Crippen MR) is 72.0 cm³/mol. The lowest BCUT2D eigenvalue weighted by molar-refractivity contribution is -0.385. The number of unbranched alkanes of at least 4 members (excludes halogenated alkanes) is 2. The van der Waals surface area contributed by atoms with Crippen LogP contribution >= 0.6 is 0 Å². The molecule has 0 heterocycles. The number of rotatable bonds is 8. The van der Waals surface area contributed by atoms with Crippen LogP contribution in [-0.2, 0) is 9.53 Å². The molecule has 0 fully saturated rings. The van der Waals surface area contributed by atoms with Crippen molar-refractivity contribution in [1.29, 1.82) is 0 Å². The van der Waals surface area contributed by atoms with Gasteiger partial charge in [-0.15, -0.1) is 0 Å². The average Bonchev–Trinajstić information content (AvgIpc) is 2.44. The molecule has 1 aromatic rings. The van der Waals surface area contributed by atoms with Gasteiger partial charge in [-0.05, 0) is 12.8 Å². The largest absolute Gasteiger partial charge is 0.469 e. The third kappa shape index (κ3) is 5.33. The zero-order chi connectivity index (χ0) is 15.8. The first-order valence-electron chi connectivity index (χ1n) is 6.40. The number of halogens is 2. The number of carbonyl (C=O) groups excluding carboxylic acids is 1. The van der Waals surface area contributed by atoms with Crippen molar-refractivity contribution in [3.63, 3.8) is 0 Å². The van der Waals surface area contributed by atoms with Crippen molar-refractivity contribution >= 4 is 17.3 Å². The van der Waals surface area contributed by atoms with Gasteiger partial charge in [-0.1, -0.05) is 6.42 Å². The van der Waals surface area contributed by atoms with Gasteiger partial charge < -0.3 is 10.1 Å². The monoisotopic (exact) mass is 302 g/mol.